The van der Waals surface area contributed by atoms with Gasteiger partial charge < -0.3 is 15.8 Å². The van der Waals surface area contributed by atoms with E-state index in [1.807, 2.05) is 19.1 Å². The summed E-state index contributed by atoms with van der Waals surface area (Å²) < 4.78 is 5.52. The first-order chi connectivity index (χ1) is 11.2. The first-order valence-electron chi connectivity index (χ1n) is 8.72. The zero-order valence-corrected chi connectivity index (χ0v) is 17.2. The minimum atomic E-state index is 0. The van der Waals surface area contributed by atoms with E-state index < -0.39 is 0 Å². The van der Waals surface area contributed by atoms with Crippen LogP contribution in [0.2, 0.25) is 0 Å². The molecule has 0 aliphatic carbocycles. The Labute approximate surface area is 163 Å². The molecule has 0 radical (unpaired) electrons. The SMILES string of the molecule is CCOc1cccc(CCNC(N)=NCC2CCCN2CC)c1.I. The maximum atomic E-state index is 5.98. The molecular weight excluding hydrogens is 415 g/mol. The Morgan fingerprint density at radius 2 is 2.25 bits per heavy atom. The second kappa shape index (κ2) is 11.5. The van der Waals surface area contributed by atoms with E-state index in [2.05, 4.69) is 34.3 Å². The van der Waals surface area contributed by atoms with E-state index in [-0.39, 0.29) is 24.0 Å². The average molecular weight is 446 g/mol. The number of guanidine groups is 1. The Bertz CT molecular complexity index is 510. The van der Waals surface area contributed by atoms with Gasteiger partial charge in [-0.2, -0.15) is 0 Å². The van der Waals surface area contributed by atoms with E-state index in [4.69, 9.17) is 10.5 Å². The highest BCUT2D eigenvalue weighted by Gasteiger charge is 2.22. The Kier molecular flexibility index (Phi) is 10.1. The molecule has 0 aromatic heterocycles. The topological polar surface area (TPSA) is 62.9 Å². The Morgan fingerprint density at radius 1 is 1.42 bits per heavy atom. The molecule has 1 fully saturated rings. The molecule has 1 aromatic carbocycles. The zero-order chi connectivity index (χ0) is 16.5. The van der Waals surface area contributed by atoms with Crippen LogP contribution in [0, 0.1) is 0 Å². The fourth-order valence-electron chi connectivity index (χ4n) is 3.07. The minimum Gasteiger partial charge on any atom is -0.494 e. The molecule has 1 aliphatic rings. The summed E-state index contributed by atoms with van der Waals surface area (Å²) in [4.78, 5) is 6.98. The lowest BCUT2D eigenvalue weighted by molar-refractivity contribution is 0.273. The fourth-order valence-corrected chi connectivity index (χ4v) is 3.07. The van der Waals surface area contributed by atoms with E-state index in [1.165, 1.54) is 24.9 Å². The van der Waals surface area contributed by atoms with Gasteiger partial charge in [0.1, 0.15) is 5.75 Å². The normalized spacial score (nSPS) is 18.2. The standard InChI is InChI=1S/C18H30N4O.HI/c1-3-22-12-6-8-16(22)14-21-18(19)20-11-10-15-7-5-9-17(13-15)23-4-2;/h5,7,9,13,16H,3-4,6,8,10-12,14H2,1-2H3,(H3,19,20,21);1H. The summed E-state index contributed by atoms with van der Waals surface area (Å²) in [7, 11) is 0. The number of nitrogens with one attached hydrogen (secondary N) is 1. The van der Waals surface area contributed by atoms with Gasteiger partial charge in [-0.25, -0.2) is 0 Å². The van der Waals surface area contributed by atoms with Crippen molar-refractivity contribution in [2.45, 2.75) is 39.2 Å². The molecule has 1 aliphatic heterocycles. The largest absolute Gasteiger partial charge is 0.494 e. The van der Waals surface area contributed by atoms with Crippen LogP contribution in [0.15, 0.2) is 29.3 Å². The molecule has 1 aromatic rings. The van der Waals surface area contributed by atoms with Gasteiger partial charge in [-0.1, -0.05) is 19.1 Å². The third kappa shape index (κ3) is 6.84. The van der Waals surface area contributed by atoms with Gasteiger partial charge in [-0.3, -0.25) is 9.89 Å². The van der Waals surface area contributed by atoms with Crippen molar-refractivity contribution in [2.75, 3.05) is 32.8 Å². The van der Waals surface area contributed by atoms with Gasteiger partial charge in [0.25, 0.3) is 0 Å². The molecule has 1 atom stereocenters. The zero-order valence-electron chi connectivity index (χ0n) is 14.8. The molecule has 0 saturated carbocycles. The van der Waals surface area contributed by atoms with Crippen molar-refractivity contribution in [1.82, 2.24) is 10.2 Å². The molecule has 3 N–H and O–H groups in total. The number of rotatable bonds is 8. The Balaban J connectivity index is 0.00000288. The molecule has 1 unspecified atom stereocenters. The molecule has 5 nitrogen and oxygen atoms in total. The van der Waals surface area contributed by atoms with E-state index in [0.29, 0.717) is 18.6 Å². The summed E-state index contributed by atoms with van der Waals surface area (Å²) >= 11 is 0. The van der Waals surface area contributed by atoms with Gasteiger partial charge in [-0.05, 0) is 57.0 Å². The van der Waals surface area contributed by atoms with Crippen molar-refractivity contribution in [1.29, 1.82) is 0 Å². The molecule has 0 spiro atoms. The Hall–Kier alpha value is -1.02. The van der Waals surface area contributed by atoms with Gasteiger partial charge in [0.05, 0.1) is 13.2 Å². The number of hydrogen-bond acceptors (Lipinski definition) is 3. The number of nitrogens with two attached hydrogens (primary N) is 1. The third-order valence-corrected chi connectivity index (χ3v) is 4.31. The van der Waals surface area contributed by atoms with Gasteiger partial charge in [0.15, 0.2) is 5.96 Å². The molecule has 24 heavy (non-hydrogen) atoms. The lowest BCUT2D eigenvalue weighted by Gasteiger charge is -2.20. The van der Waals surface area contributed by atoms with E-state index in [9.17, 15) is 0 Å². The summed E-state index contributed by atoms with van der Waals surface area (Å²) in [6.07, 6.45) is 3.41. The summed E-state index contributed by atoms with van der Waals surface area (Å²) in [5.41, 5.74) is 7.22. The molecule has 6 heteroatoms. The van der Waals surface area contributed by atoms with Crippen LogP contribution in [-0.4, -0.2) is 49.7 Å². The van der Waals surface area contributed by atoms with Crippen molar-refractivity contribution < 1.29 is 4.74 Å². The summed E-state index contributed by atoms with van der Waals surface area (Å²) in [6.45, 7) is 8.77. The number of ether oxygens (including phenoxy) is 1. The van der Waals surface area contributed by atoms with Crippen LogP contribution in [-0.2, 0) is 6.42 Å². The van der Waals surface area contributed by atoms with Gasteiger partial charge in [-0.15, -0.1) is 24.0 Å². The second-order valence-corrected chi connectivity index (χ2v) is 5.91. The van der Waals surface area contributed by atoms with Crippen LogP contribution < -0.4 is 15.8 Å². The van der Waals surface area contributed by atoms with Crippen LogP contribution >= 0.6 is 24.0 Å². The van der Waals surface area contributed by atoms with E-state index >= 15 is 0 Å². The van der Waals surface area contributed by atoms with Gasteiger partial charge in [0.2, 0.25) is 0 Å². The molecule has 2 rings (SSSR count). The lowest BCUT2D eigenvalue weighted by atomic mass is 10.1. The quantitative estimate of drug-likeness (QED) is 0.366. The lowest BCUT2D eigenvalue weighted by Crippen LogP contribution is -2.36. The summed E-state index contributed by atoms with van der Waals surface area (Å²) in [5, 5.41) is 3.21. The van der Waals surface area contributed by atoms with Crippen molar-refractivity contribution in [3.63, 3.8) is 0 Å². The Morgan fingerprint density at radius 3 is 3.00 bits per heavy atom. The first-order valence-corrected chi connectivity index (χ1v) is 8.72. The highest BCUT2D eigenvalue weighted by atomic mass is 127. The predicted molar refractivity (Wildman–Crippen MR) is 111 cm³/mol. The van der Waals surface area contributed by atoms with Crippen molar-refractivity contribution in [3.8, 4) is 5.75 Å². The molecule has 136 valence electrons. The van der Waals surface area contributed by atoms with Gasteiger partial charge >= 0.3 is 0 Å². The van der Waals surface area contributed by atoms with Crippen LogP contribution in [0.25, 0.3) is 0 Å². The first kappa shape index (κ1) is 21.0. The summed E-state index contributed by atoms with van der Waals surface area (Å²) in [6, 6.07) is 8.75. The number of likely N-dealkylation sites (N-methyl/N-ethyl adjacent to an activating group) is 1. The highest BCUT2D eigenvalue weighted by Crippen LogP contribution is 2.16. The average Bonchev–Trinajstić information content (AvgIpc) is 3.01. The van der Waals surface area contributed by atoms with Crippen molar-refractivity contribution in [2.24, 2.45) is 10.7 Å². The number of benzene rings is 1. The van der Waals surface area contributed by atoms with Crippen LogP contribution in [0.5, 0.6) is 5.75 Å². The van der Waals surface area contributed by atoms with E-state index in [0.717, 1.165) is 31.8 Å². The number of likely N-dealkylation sites (tertiary alicyclic amines) is 1. The smallest absolute Gasteiger partial charge is 0.188 e. The van der Waals surface area contributed by atoms with E-state index in [1.54, 1.807) is 0 Å². The predicted octanol–water partition coefficient (Wildman–Crippen LogP) is 2.63. The molecule has 1 saturated heterocycles. The van der Waals surface area contributed by atoms with Crippen LogP contribution in [0.3, 0.4) is 0 Å². The van der Waals surface area contributed by atoms with Crippen LogP contribution in [0.4, 0.5) is 0 Å². The monoisotopic (exact) mass is 446 g/mol. The number of halogens is 1. The maximum Gasteiger partial charge on any atom is 0.188 e. The number of aliphatic imine (C=N–C) groups is 1. The molecule has 1 heterocycles. The summed E-state index contributed by atoms with van der Waals surface area (Å²) in [5.74, 6) is 1.47. The van der Waals surface area contributed by atoms with Gasteiger partial charge in [0, 0.05) is 12.6 Å². The number of nitrogens with zero attached hydrogens (tertiary/aromatic N) is 2. The molecular formula is C18H31IN4O. The van der Waals surface area contributed by atoms with Crippen LogP contribution in [0.1, 0.15) is 32.3 Å². The van der Waals surface area contributed by atoms with Crippen molar-refractivity contribution in [3.05, 3.63) is 29.8 Å². The fraction of sp³-hybridized carbons (Fsp3) is 0.611. The minimum absolute atomic E-state index is 0. The molecule has 0 amide bonds. The second-order valence-electron chi connectivity index (χ2n) is 5.91. The highest BCUT2D eigenvalue weighted by molar-refractivity contribution is 14.0. The molecule has 0 bridgehead atoms. The maximum absolute atomic E-state index is 5.98. The third-order valence-electron chi connectivity index (χ3n) is 4.31. The van der Waals surface area contributed by atoms with Crippen molar-refractivity contribution >= 4 is 29.9 Å². The number of hydrogen-bond donors (Lipinski definition) is 2.